The van der Waals surface area contributed by atoms with E-state index in [0.717, 1.165) is 0 Å². The molecule has 0 spiro atoms. The molecule has 6 nitrogen and oxygen atoms in total. The molecule has 0 atom stereocenters. The van der Waals surface area contributed by atoms with E-state index in [4.69, 9.17) is 0 Å². The molecule has 7 heteroatoms. The van der Waals surface area contributed by atoms with Crippen LogP contribution in [0.3, 0.4) is 0 Å². The number of hydrogen-bond donors (Lipinski definition) is 1. The lowest BCUT2D eigenvalue weighted by Gasteiger charge is -2.07. The summed E-state index contributed by atoms with van der Waals surface area (Å²) in [7, 11) is -3.33. The predicted molar refractivity (Wildman–Crippen MR) is 81.6 cm³/mol. The van der Waals surface area contributed by atoms with Gasteiger partial charge in [0.05, 0.1) is 16.2 Å². The van der Waals surface area contributed by atoms with Gasteiger partial charge in [-0.2, -0.15) is 0 Å². The SMILES string of the molecule is CCS(=O)(=O)Nc1ccc(-c2ccccc2[N+](=O)[O-])cc1. The first-order valence-corrected chi connectivity index (χ1v) is 7.92. The summed E-state index contributed by atoms with van der Waals surface area (Å²) >= 11 is 0. The Morgan fingerprint density at radius 3 is 2.29 bits per heavy atom. The molecular weight excluding hydrogens is 292 g/mol. The van der Waals surface area contributed by atoms with Crippen LogP contribution in [0.15, 0.2) is 48.5 Å². The van der Waals surface area contributed by atoms with Crippen molar-refractivity contribution in [3.05, 3.63) is 58.6 Å². The molecule has 0 heterocycles. The van der Waals surface area contributed by atoms with Crippen molar-refractivity contribution in [2.24, 2.45) is 0 Å². The molecular formula is C14H14N2O4S. The van der Waals surface area contributed by atoms with Crippen molar-refractivity contribution in [2.75, 3.05) is 10.5 Å². The monoisotopic (exact) mass is 306 g/mol. The highest BCUT2D eigenvalue weighted by molar-refractivity contribution is 7.92. The maximum absolute atomic E-state index is 11.5. The largest absolute Gasteiger partial charge is 0.284 e. The van der Waals surface area contributed by atoms with Gasteiger partial charge < -0.3 is 0 Å². The summed E-state index contributed by atoms with van der Waals surface area (Å²) in [5.74, 6) is -0.0150. The average Bonchev–Trinajstić information content (AvgIpc) is 2.47. The molecule has 0 aliphatic heterocycles. The minimum absolute atomic E-state index is 0.0133. The Bertz CT molecular complexity index is 755. The summed E-state index contributed by atoms with van der Waals surface area (Å²) in [6, 6.07) is 12.9. The first kappa shape index (κ1) is 15.0. The van der Waals surface area contributed by atoms with E-state index in [-0.39, 0.29) is 11.4 Å². The summed E-state index contributed by atoms with van der Waals surface area (Å²) in [5, 5.41) is 11.0. The fourth-order valence-corrected chi connectivity index (χ4v) is 2.49. The molecule has 0 fully saturated rings. The number of hydrogen-bond acceptors (Lipinski definition) is 4. The van der Waals surface area contributed by atoms with E-state index in [9.17, 15) is 18.5 Å². The van der Waals surface area contributed by atoms with Crippen LogP contribution >= 0.6 is 0 Å². The highest BCUT2D eigenvalue weighted by atomic mass is 32.2. The zero-order chi connectivity index (χ0) is 15.5. The molecule has 0 aromatic heterocycles. The molecule has 2 aromatic rings. The molecule has 0 saturated carbocycles. The van der Waals surface area contributed by atoms with Gasteiger partial charge in [0.1, 0.15) is 0 Å². The minimum Gasteiger partial charge on any atom is -0.284 e. The second-order valence-electron chi connectivity index (χ2n) is 4.36. The van der Waals surface area contributed by atoms with Gasteiger partial charge in [-0.1, -0.05) is 24.3 Å². The van der Waals surface area contributed by atoms with Crippen LogP contribution in [0.4, 0.5) is 11.4 Å². The lowest BCUT2D eigenvalue weighted by Crippen LogP contribution is -2.14. The number of nitro groups is 1. The Kier molecular flexibility index (Phi) is 4.23. The number of para-hydroxylation sites is 1. The molecule has 0 bridgehead atoms. The third-order valence-electron chi connectivity index (χ3n) is 2.95. The van der Waals surface area contributed by atoms with Crippen molar-refractivity contribution in [1.82, 2.24) is 0 Å². The van der Waals surface area contributed by atoms with Gasteiger partial charge in [0.25, 0.3) is 5.69 Å². The van der Waals surface area contributed by atoms with Crippen LogP contribution in [0.2, 0.25) is 0 Å². The highest BCUT2D eigenvalue weighted by Gasteiger charge is 2.14. The molecule has 0 unspecified atom stereocenters. The first-order valence-electron chi connectivity index (χ1n) is 6.27. The second-order valence-corrected chi connectivity index (χ2v) is 6.37. The standard InChI is InChI=1S/C14H14N2O4S/c1-2-21(19,20)15-12-9-7-11(8-10-12)13-5-3-4-6-14(13)16(17)18/h3-10,15H,2H2,1H3. The van der Waals surface area contributed by atoms with E-state index in [2.05, 4.69) is 4.72 Å². The van der Waals surface area contributed by atoms with Crippen LogP contribution in [0.1, 0.15) is 6.92 Å². The van der Waals surface area contributed by atoms with Crippen molar-refractivity contribution in [2.45, 2.75) is 6.92 Å². The third-order valence-corrected chi connectivity index (χ3v) is 4.26. The van der Waals surface area contributed by atoms with Crippen LogP contribution in [0, 0.1) is 10.1 Å². The molecule has 21 heavy (non-hydrogen) atoms. The van der Waals surface area contributed by atoms with Gasteiger partial charge in [-0.25, -0.2) is 8.42 Å². The van der Waals surface area contributed by atoms with Crippen LogP contribution in [0.25, 0.3) is 11.1 Å². The fraction of sp³-hybridized carbons (Fsp3) is 0.143. The molecule has 0 radical (unpaired) electrons. The summed E-state index contributed by atoms with van der Waals surface area (Å²) in [6.45, 7) is 1.55. The van der Waals surface area contributed by atoms with Crippen molar-refractivity contribution in [3.8, 4) is 11.1 Å². The molecule has 0 amide bonds. The number of nitrogens with one attached hydrogen (secondary N) is 1. The second kappa shape index (κ2) is 5.92. The molecule has 0 aliphatic rings. The number of rotatable bonds is 5. The van der Waals surface area contributed by atoms with Gasteiger partial charge >= 0.3 is 0 Å². The Balaban J connectivity index is 2.34. The van der Waals surface area contributed by atoms with Crippen molar-refractivity contribution < 1.29 is 13.3 Å². The van der Waals surface area contributed by atoms with Crippen molar-refractivity contribution in [3.63, 3.8) is 0 Å². The Morgan fingerprint density at radius 2 is 1.71 bits per heavy atom. The van der Waals surface area contributed by atoms with Crippen LogP contribution in [0.5, 0.6) is 0 Å². The molecule has 0 saturated heterocycles. The number of nitrogens with zero attached hydrogens (tertiary/aromatic N) is 1. The van der Waals surface area contributed by atoms with E-state index >= 15 is 0 Å². The van der Waals surface area contributed by atoms with Gasteiger partial charge in [-0.15, -0.1) is 0 Å². The van der Waals surface area contributed by atoms with E-state index in [1.165, 1.54) is 6.07 Å². The third kappa shape index (κ3) is 3.57. The summed E-state index contributed by atoms with van der Waals surface area (Å²) in [6.07, 6.45) is 0. The molecule has 0 aliphatic carbocycles. The topological polar surface area (TPSA) is 89.3 Å². The van der Waals surface area contributed by atoms with E-state index < -0.39 is 14.9 Å². The summed E-state index contributed by atoms with van der Waals surface area (Å²) in [5.41, 5.74) is 1.59. The highest BCUT2D eigenvalue weighted by Crippen LogP contribution is 2.30. The number of nitro benzene ring substituents is 1. The molecule has 2 rings (SSSR count). The normalized spacial score (nSPS) is 11.1. The smallest absolute Gasteiger partial charge is 0.277 e. The quantitative estimate of drug-likeness (QED) is 0.679. The first-order chi connectivity index (χ1) is 9.93. The van der Waals surface area contributed by atoms with Crippen LogP contribution in [-0.2, 0) is 10.0 Å². The van der Waals surface area contributed by atoms with Gasteiger partial charge in [-0.05, 0) is 30.7 Å². The van der Waals surface area contributed by atoms with Gasteiger partial charge in [0, 0.05) is 11.8 Å². The maximum Gasteiger partial charge on any atom is 0.277 e. The van der Waals surface area contributed by atoms with Gasteiger partial charge in [0.2, 0.25) is 10.0 Å². The van der Waals surface area contributed by atoms with Crippen molar-refractivity contribution in [1.29, 1.82) is 0 Å². The van der Waals surface area contributed by atoms with Crippen molar-refractivity contribution >= 4 is 21.4 Å². The number of sulfonamides is 1. The summed E-state index contributed by atoms with van der Waals surface area (Å²) in [4.78, 5) is 10.6. The Labute approximate surface area is 122 Å². The lowest BCUT2D eigenvalue weighted by molar-refractivity contribution is -0.384. The zero-order valence-corrected chi connectivity index (χ0v) is 12.1. The fourth-order valence-electron chi connectivity index (χ4n) is 1.85. The number of anilines is 1. The zero-order valence-electron chi connectivity index (χ0n) is 11.3. The predicted octanol–water partition coefficient (Wildman–Crippen LogP) is 3.02. The summed E-state index contributed by atoms with van der Waals surface area (Å²) < 4.78 is 25.4. The number of benzene rings is 2. The average molecular weight is 306 g/mol. The molecule has 1 N–H and O–H groups in total. The molecule has 110 valence electrons. The van der Waals surface area contributed by atoms with Crippen LogP contribution in [-0.4, -0.2) is 19.1 Å². The maximum atomic E-state index is 11.5. The van der Waals surface area contributed by atoms with E-state index in [1.807, 2.05) is 0 Å². The van der Waals surface area contributed by atoms with E-state index in [0.29, 0.717) is 16.8 Å². The lowest BCUT2D eigenvalue weighted by atomic mass is 10.0. The van der Waals surface area contributed by atoms with Gasteiger partial charge in [0.15, 0.2) is 0 Å². The molecule has 2 aromatic carbocycles. The van der Waals surface area contributed by atoms with Gasteiger partial charge in [-0.3, -0.25) is 14.8 Å². The van der Waals surface area contributed by atoms with Crippen LogP contribution < -0.4 is 4.72 Å². The Hall–Kier alpha value is -2.41. The Morgan fingerprint density at radius 1 is 1.10 bits per heavy atom. The van der Waals surface area contributed by atoms with E-state index in [1.54, 1.807) is 49.4 Å². The minimum atomic E-state index is -3.33.